The van der Waals surface area contributed by atoms with Gasteiger partial charge in [-0.25, -0.2) is 9.37 Å². The third-order valence-corrected chi connectivity index (χ3v) is 4.46. The molecule has 1 aromatic heterocycles. The highest BCUT2D eigenvalue weighted by Gasteiger charge is 2.17. The van der Waals surface area contributed by atoms with Crippen LogP contribution < -0.4 is 4.90 Å². The number of hydrogen-bond acceptors (Lipinski definition) is 3. The van der Waals surface area contributed by atoms with E-state index in [-0.39, 0.29) is 11.5 Å². The lowest BCUT2D eigenvalue weighted by Crippen LogP contribution is -2.26. The van der Waals surface area contributed by atoms with Gasteiger partial charge in [0.25, 0.3) is 5.91 Å². The fourth-order valence-corrected chi connectivity index (χ4v) is 3.00. The first-order valence-electron chi connectivity index (χ1n) is 6.79. The Morgan fingerprint density at radius 2 is 1.96 bits per heavy atom. The molecule has 116 valence electrons. The lowest BCUT2D eigenvalue weighted by molar-refractivity contribution is 0.0992. The van der Waals surface area contributed by atoms with E-state index in [0.717, 1.165) is 11.3 Å². The molecule has 0 aliphatic rings. The fourth-order valence-electron chi connectivity index (χ4n) is 2.07. The van der Waals surface area contributed by atoms with E-state index < -0.39 is 5.82 Å². The SMILES string of the molecule is CN(C(=O)c1cccc(F)c1)c1nc(-c2ccc(Cl)cc2)cs1. The van der Waals surface area contributed by atoms with E-state index in [9.17, 15) is 9.18 Å². The second-order valence-corrected chi connectivity index (χ2v) is 6.17. The number of thiazole rings is 1. The molecule has 0 bridgehead atoms. The predicted molar refractivity (Wildman–Crippen MR) is 91.7 cm³/mol. The summed E-state index contributed by atoms with van der Waals surface area (Å²) in [5.74, 6) is -0.744. The summed E-state index contributed by atoms with van der Waals surface area (Å²) in [7, 11) is 1.62. The largest absolute Gasteiger partial charge is 0.287 e. The highest BCUT2D eigenvalue weighted by molar-refractivity contribution is 7.14. The van der Waals surface area contributed by atoms with Crippen molar-refractivity contribution in [1.29, 1.82) is 0 Å². The van der Waals surface area contributed by atoms with Gasteiger partial charge in [-0.3, -0.25) is 9.69 Å². The Balaban J connectivity index is 1.84. The van der Waals surface area contributed by atoms with Crippen LogP contribution in [0.2, 0.25) is 5.02 Å². The van der Waals surface area contributed by atoms with Crippen molar-refractivity contribution < 1.29 is 9.18 Å². The second-order valence-electron chi connectivity index (χ2n) is 4.90. The lowest BCUT2D eigenvalue weighted by atomic mass is 10.2. The molecule has 0 atom stereocenters. The third-order valence-electron chi connectivity index (χ3n) is 3.30. The summed E-state index contributed by atoms with van der Waals surface area (Å²) < 4.78 is 13.3. The van der Waals surface area contributed by atoms with Crippen molar-refractivity contribution in [1.82, 2.24) is 4.98 Å². The van der Waals surface area contributed by atoms with Gasteiger partial charge in [-0.05, 0) is 30.3 Å². The van der Waals surface area contributed by atoms with Crippen LogP contribution in [0.25, 0.3) is 11.3 Å². The summed E-state index contributed by atoms with van der Waals surface area (Å²) in [5, 5.41) is 3.07. The van der Waals surface area contributed by atoms with E-state index >= 15 is 0 Å². The standard InChI is InChI=1S/C17H12ClFN2OS/c1-21(16(22)12-3-2-4-14(19)9-12)17-20-15(10-23-17)11-5-7-13(18)8-6-11/h2-10H,1H3. The van der Waals surface area contributed by atoms with Gasteiger partial charge < -0.3 is 0 Å². The van der Waals surface area contributed by atoms with Gasteiger partial charge in [0.1, 0.15) is 5.82 Å². The number of halogens is 2. The highest BCUT2D eigenvalue weighted by Crippen LogP contribution is 2.28. The zero-order valence-corrected chi connectivity index (χ0v) is 13.7. The minimum atomic E-state index is -0.440. The third kappa shape index (κ3) is 3.41. The molecule has 3 nitrogen and oxygen atoms in total. The Hall–Kier alpha value is -2.24. The van der Waals surface area contributed by atoms with Crippen molar-refractivity contribution in [2.45, 2.75) is 0 Å². The number of nitrogens with zero attached hydrogens (tertiary/aromatic N) is 2. The minimum Gasteiger partial charge on any atom is -0.287 e. The molecule has 23 heavy (non-hydrogen) atoms. The molecule has 0 saturated carbocycles. The molecule has 0 radical (unpaired) electrons. The number of aromatic nitrogens is 1. The Labute approximate surface area is 142 Å². The van der Waals surface area contributed by atoms with Gasteiger partial charge in [-0.15, -0.1) is 11.3 Å². The molecule has 3 aromatic rings. The van der Waals surface area contributed by atoms with E-state index in [1.54, 1.807) is 25.2 Å². The van der Waals surface area contributed by atoms with Gasteiger partial charge in [-0.2, -0.15) is 0 Å². The quantitative estimate of drug-likeness (QED) is 0.677. The number of amides is 1. The molecule has 0 unspecified atom stereocenters. The maximum atomic E-state index is 13.3. The number of hydrogen-bond donors (Lipinski definition) is 0. The van der Waals surface area contributed by atoms with Gasteiger partial charge >= 0.3 is 0 Å². The van der Waals surface area contributed by atoms with E-state index in [0.29, 0.717) is 10.2 Å². The molecule has 2 aromatic carbocycles. The zero-order valence-electron chi connectivity index (χ0n) is 12.2. The number of carbonyl (C=O) groups is 1. The molecule has 0 aliphatic heterocycles. The van der Waals surface area contributed by atoms with Crippen LogP contribution in [0.4, 0.5) is 9.52 Å². The summed E-state index contributed by atoms with van der Waals surface area (Å²) >= 11 is 7.23. The predicted octanol–water partition coefficient (Wildman–Crippen LogP) is 4.88. The van der Waals surface area contributed by atoms with E-state index in [2.05, 4.69) is 4.98 Å². The summed E-state index contributed by atoms with van der Waals surface area (Å²) in [6.45, 7) is 0. The Morgan fingerprint density at radius 1 is 1.22 bits per heavy atom. The number of benzene rings is 2. The summed E-state index contributed by atoms with van der Waals surface area (Å²) in [4.78, 5) is 18.3. The van der Waals surface area contributed by atoms with Gasteiger partial charge in [-0.1, -0.05) is 29.8 Å². The maximum absolute atomic E-state index is 13.3. The monoisotopic (exact) mass is 346 g/mol. The molecular formula is C17H12ClFN2OS. The first-order chi connectivity index (χ1) is 11.0. The topological polar surface area (TPSA) is 33.2 Å². The van der Waals surface area contributed by atoms with Crippen molar-refractivity contribution in [3.8, 4) is 11.3 Å². The van der Waals surface area contributed by atoms with Crippen LogP contribution in [0.15, 0.2) is 53.9 Å². The Morgan fingerprint density at radius 3 is 2.65 bits per heavy atom. The smallest absolute Gasteiger partial charge is 0.259 e. The molecule has 1 amide bonds. The highest BCUT2D eigenvalue weighted by atomic mass is 35.5. The molecule has 0 spiro atoms. The van der Waals surface area contributed by atoms with Crippen LogP contribution in [0.3, 0.4) is 0 Å². The van der Waals surface area contributed by atoms with Gasteiger partial charge in [0.2, 0.25) is 0 Å². The van der Waals surface area contributed by atoms with Gasteiger partial charge in [0.05, 0.1) is 5.69 Å². The van der Waals surface area contributed by atoms with E-state index in [1.807, 2.05) is 17.5 Å². The number of rotatable bonds is 3. The van der Waals surface area contributed by atoms with Crippen LogP contribution in [-0.4, -0.2) is 17.9 Å². The summed E-state index contributed by atoms with van der Waals surface area (Å²) in [5.41, 5.74) is 1.97. The molecule has 0 N–H and O–H groups in total. The lowest BCUT2D eigenvalue weighted by Gasteiger charge is -2.13. The average Bonchev–Trinajstić information content (AvgIpc) is 3.04. The Bertz CT molecular complexity index is 848. The molecular weight excluding hydrogens is 335 g/mol. The number of carbonyl (C=O) groups excluding carboxylic acids is 1. The summed E-state index contributed by atoms with van der Waals surface area (Å²) in [6, 6.07) is 12.9. The van der Waals surface area contributed by atoms with Crippen molar-refractivity contribution in [2.75, 3.05) is 11.9 Å². The maximum Gasteiger partial charge on any atom is 0.259 e. The van der Waals surface area contributed by atoms with Gasteiger partial charge in [0, 0.05) is 28.6 Å². The molecule has 1 heterocycles. The minimum absolute atomic E-state index is 0.288. The molecule has 0 aliphatic carbocycles. The van der Waals surface area contributed by atoms with Crippen LogP contribution >= 0.6 is 22.9 Å². The normalized spacial score (nSPS) is 10.6. The Kier molecular flexibility index (Phi) is 4.41. The van der Waals surface area contributed by atoms with Crippen molar-refractivity contribution in [3.05, 3.63) is 70.3 Å². The first kappa shape index (κ1) is 15.6. The molecule has 3 rings (SSSR count). The molecule has 0 fully saturated rings. The second kappa shape index (κ2) is 6.48. The van der Waals surface area contributed by atoms with Gasteiger partial charge in [0.15, 0.2) is 5.13 Å². The zero-order chi connectivity index (χ0) is 16.4. The molecule has 0 saturated heterocycles. The average molecular weight is 347 g/mol. The van der Waals surface area contributed by atoms with Crippen LogP contribution in [0.5, 0.6) is 0 Å². The number of anilines is 1. The van der Waals surface area contributed by atoms with E-state index in [1.165, 1.54) is 34.4 Å². The summed E-state index contributed by atoms with van der Waals surface area (Å²) in [6.07, 6.45) is 0. The van der Waals surface area contributed by atoms with Crippen LogP contribution in [0, 0.1) is 5.82 Å². The van der Waals surface area contributed by atoms with Crippen molar-refractivity contribution in [2.24, 2.45) is 0 Å². The van der Waals surface area contributed by atoms with Crippen molar-refractivity contribution >= 4 is 34.0 Å². The van der Waals surface area contributed by atoms with Crippen molar-refractivity contribution in [3.63, 3.8) is 0 Å². The fraction of sp³-hybridized carbons (Fsp3) is 0.0588. The van der Waals surface area contributed by atoms with E-state index in [4.69, 9.17) is 11.6 Å². The molecule has 6 heteroatoms. The van der Waals surface area contributed by atoms with Crippen LogP contribution in [0.1, 0.15) is 10.4 Å². The van der Waals surface area contributed by atoms with Crippen LogP contribution in [-0.2, 0) is 0 Å². The first-order valence-corrected chi connectivity index (χ1v) is 8.05.